The molecule has 0 bridgehead atoms. The third-order valence-corrected chi connectivity index (χ3v) is 6.54. The molecule has 1 aliphatic heterocycles. The van der Waals surface area contributed by atoms with Crippen LogP contribution in [-0.4, -0.2) is 35.8 Å². The molecule has 0 spiro atoms. The summed E-state index contributed by atoms with van der Waals surface area (Å²) >= 11 is 0. The summed E-state index contributed by atoms with van der Waals surface area (Å²) in [6.07, 6.45) is 2.04. The van der Waals surface area contributed by atoms with Crippen molar-refractivity contribution in [1.29, 1.82) is 0 Å². The van der Waals surface area contributed by atoms with E-state index in [2.05, 4.69) is 9.97 Å². The Balaban J connectivity index is 1.78. The molecule has 27 heavy (non-hydrogen) atoms. The topological polar surface area (TPSA) is 92.4 Å². The Morgan fingerprint density at radius 2 is 2.07 bits per heavy atom. The minimum atomic E-state index is -3.75. The van der Waals surface area contributed by atoms with Gasteiger partial charge < -0.3 is 9.72 Å². The van der Waals surface area contributed by atoms with E-state index >= 15 is 0 Å². The molecule has 0 atom stereocenters. The molecule has 0 fully saturated rings. The van der Waals surface area contributed by atoms with Crippen molar-refractivity contribution >= 4 is 20.9 Å². The summed E-state index contributed by atoms with van der Waals surface area (Å²) < 4.78 is 33.7. The summed E-state index contributed by atoms with van der Waals surface area (Å²) in [5.41, 5.74) is 1.83. The summed E-state index contributed by atoms with van der Waals surface area (Å²) in [6.45, 7) is 2.88. The Bertz CT molecular complexity index is 1170. The first-order chi connectivity index (χ1) is 13.0. The van der Waals surface area contributed by atoms with Crippen LogP contribution in [0.25, 0.3) is 10.9 Å². The van der Waals surface area contributed by atoms with Gasteiger partial charge in [0.15, 0.2) is 0 Å². The van der Waals surface area contributed by atoms with Gasteiger partial charge in [0.2, 0.25) is 15.6 Å². The second-order valence-corrected chi connectivity index (χ2v) is 8.22. The maximum Gasteiger partial charge on any atom is 0.248 e. The Hall–Kier alpha value is -2.71. The first kappa shape index (κ1) is 17.7. The molecule has 0 unspecified atom stereocenters. The van der Waals surface area contributed by atoms with Gasteiger partial charge >= 0.3 is 0 Å². The third-order valence-electron chi connectivity index (χ3n) is 4.67. The number of aromatic amines is 1. The average Bonchev–Trinajstić information content (AvgIpc) is 2.67. The normalized spacial score (nSPS) is 14.9. The van der Waals surface area contributed by atoms with Gasteiger partial charge in [-0.05, 0) is 36.8 Å². The molecular weight excluding hydrogens is 366 g/mol. The van der Waals surface area contributed by atoms with Crippen LogP contribution in [0.15, 0.2) is 52.3 Å². The SMILES string of the molecule is CCOc1ccc(S(=O)(=O)N2CCc3[nH]c(=O)ccc3C2)c2ncccc12. The van der Waals surface area contributed by atoms with Gasteiger partial charge in [0, 0.05) is 42.9 Å². The lowest BCUT2D eigenvalue weighted by Crippen LogP contribution is -2.37. The molecule has 1 N–H and O–H groups in total. The molecular formula is C19H19N3O4S. The fourth-order valence-corrected chi connectivity index (χ4v) is 4.94. The van der Waals surface area contributed by atoms with E-state index in [-0.39, 0.29) is 17.0 Å². The fourth-order valence-electron chi connectivity index (χ4n) is 3.38. The summed E-state index contributed by atoms with van der Waals surface area (Å²) in [5.74, 6) is 0.612. The quantitative estimate of drug-likeness (QED) is 0.742. The van der Waals surface area contributed by atoms with E-state index in [1.54, 1.807) is 30.5 Å². The van der Waals surface area contributed by atoms with E-state index in [4.69, 9.17) is 4.74 Å². The minimum absolute atomic E-state index is 0.162. The second-order valence-electron chi connectivity index (χ2n) is 6.31. The van der Waals surface area contributed by atoms with Crippen molar-refractivity contribution in [3.05, 3.63) is 64.2 Å². The number of hydrogen-bond acceptors (Lipinski definition) is 5. The van der Waals surface area contributed by atoms with Gasteiger partial charge in [-0.3, -0.25) is 9.78 Å². The maximum atomic E-state index is 13.3. The molecule has 0 aliphatic carbocycles. The molecule has 3 aromatic rings. The summed E-state index contributed by atoms with van der Waals surface area (Å²) in [4.78, 5) is 18.7. The van der Waals surface area contributed by atoms with Gasteiger partial charge in [-0.2, -0.15) is 4.31 Å². The number of benzene rings is 1. The molecule has 1 aromatic carbocycles. The number of hydrogen-bond donors (Lipinski definition) is 1. The number of aromatic nitrogens is 2. The van der Waals surface area contributed by atoms with Gasteiger partial charge in [0.25, 0.3) is 0 Å². The van der Waals surface area contributed by atoms with Crippen LogP contribution in [-0.2, 0) is 23.0 Å². The van der Waals surface area contributed by atoms with E-state index in [1.165, 1.54) is 10.4 Å². The molecule has 140 valence electrons. The number of nitrogens with zero attached hydrogens (tertiary/aromatic N) is 2. The number of nitrogens with one attached hydrogen (secondary N) is 1. The molecule has 3 heterocycles. The smallest absolute Gasteiger partial charge is 0.248 e. The standard InChI is InChI=1S/C19H19N3O4S/c1-2-26-16-6-7-17(19-14(16)4-3-10-20-19)27(24,25)22-11-9-15-13(12-22)5-8-18(23)21-15/h3-8,10H,2,9,11-12H2,1H3,(H,21,23). The number of ether oxygens (including phenoxy) is 1. The van der Waals surface area contributed by atoms with Gasteiger partial charge in [-0.1, -0.05) is 6.07 Å². The molecule has 0 saturated carbocycles. The van der Waals surface area contributed by atoms with Gasteiger partial charge in [0.05, 0.1) is 12.1 Å². The van der Waals surface area contributed by atoms with Crippen LogP contribution in [0.3, 0.4) is 0 Å². The molecule has 8 heteroatoms. The highest BCUT2D eigenvalue weighted by Crippen LogP contribution is 2.32. The molecule has 2 aromatic heterocycles. The molecule has 0 saturated heterocycles. The summed E-state index contributed by atoms with van der Waals surface area (Å²) in [5, 5.41) is 0.669. The van der Waals surface area contributed by atoms with Gasteiger partial charge in [-0.25, -0.2) is 8.42 Å². The summed E-state index contributed by atoms with van der Waals surface area (Å²) in [6, 6.07) is 9.90. The zero-order valence-corrected chi connectivity index (χ0v) is 15.6. The Morgan fingerprint density at radius 1 is 1.22 bits per heavy atom. The van der Waals surface area contributed by atoms with Crippen LogP contribution in [0, 0.1) is 0 Å². The van der Waals surface area contributed by atoms with Crippen molar-refractivity contribution < 1.29 is 13.2 Å². The largest absolute Gasteiger partial charge is 0.493 e. The predicted molar refractivity (Wildman–Crippen MR) is 101 cm³/mol. The Morgan fingerprint density at radius 3 is 2.89 bits per heavy atom. The second kappa shape index (κ2) is 6.79. The highest BCUT2D eigenvalue weighted by molar-refractivity contribution is 7.89. The zero-order chi connectivity index (χ0) is 19.0. The molecule has 1 aliphatic rings. The van der Waals surface area contributed by atoms with Crippen molar-refractivity contribution in [2.75, 3.05) is 13.2 Å². The van der Waals surface area contributed by atoms with Crippen LogP contribution < -0.4 is 10.3 Å². The number of rotatable bonds is 4. The number of pyridine rings is 2. The van der Waals surface area contributed by atoms with E-state index in [9.17, 15) is 13.2 Å². The Labute approximate surface area is 156 Å². The van der Waals surface area contributed by atoms with E-state index < -0.39 is 10.0 Å². The Kier molecular flexibility index (Phi) is 4.45. The number of H-pyrrole nitrogens is 1. The minimum Gasteiger partial charge on any atom is -0.493 e. The highest BCUT2D eigenvalue weighted by atomic mass is 32.2. The lowest BCUT2D eigenvalue weighted by molar-refractivity contribution is 0.344. The van der Waals surface area contributed by atoms with Crippen molar-refractivity contribution in [3.8, 4) is 5.75 Å². The average molecular weight is 385 g/mol. The zero-order valence-electron chi connectivity index (χ0n) is 14.8. The van der Waals surface area contributed by atoms with Crippen molar-refractivity contribution in [2.45, 2.75) is 24.8 Å². The van der Waals surface area contributed by atoms with Crippen LogP contribution in [0.4, 0.5) is 0 Å². The van der Waals surface area contributed by atoms with Crippen molar-refractivity contribution in [2.24, 2.45) is 0 Å². The lowest BCUT2D eigenvalue weighted by atomic mass is 10.1. The first-order valence-corrected chi connectivity index (χ1v) is 10.2. The van der Waals surface area contributed by atoms with Crippen LogP contribution in [0.2, 0.25) is 0 Å². The maximum absolute atomic E-state index is 13.3. The monoisotopic (exact) mass is 385 g/mol. The molecule has 0 amide bonds. The van der Waals surface area contributed by atoms with Gasteiger partial charge in [-0.15, -0.1) is 0 Å². The number of sulfonamides is 1. The van der Waals surface area contributed by atoms with Gasteiger partial charge in [0.1, 0.15) is 10.6 Å². The predicted octanol–water partition coefficient (Wildman–Crippen LogP) is 2.07. The van der Waals surface area contributed by atoms with Crippen LogP contribution in [0.1, 0.15) is 18.2 Å². The van der Waals surface area contributed by atoms with Crippen molar-refractivity contribution in [1.82, 2.24) is 14.3 Å². The van der Waals surface area contributed by atoms with Crippen molar-refractivity contribution in [3.63, 3.8) is 0 Å². The summed E-state index contributed by atoms with van der Waals surface area (Å²) in [7, 11) is -3.75. The third kappa shape index (κ3) is 3.11. The van der Waals surface area contributed by atoms with Crippen LogP contribution >= 0.6 is 0 Å². The van der Waals surface area contributed by atoms with E-state index in [1.807, 2.05) is 13.0 Å². The van der Waals surface area contributed by atoms with E-state index in [0.717, 1.165) is 11.3 Å². The molecule has 0 radical (unpaired) electrons. The number of fused-ring (bicyclic) bond motifs is 2. The molecule has 7 nitrogen and oxygen atoms in total. The fraction of sp³-hybridized carbons (Fsp3) is 0.263. The highest BCUT2D eigenvalue weighted by Gasteiger charge is 2.31. The first-order valence-electron chi connectivity index (χ1n) is 8.72. The molecule has 4 rings (SSSR count). The van der Waals surface area contributed by atoms with E-state index in [0.29, 0.717) is 36.2 Å². The lowest BCUT2D eigenvalue weighted by Gasteiger charge is -2.28. The van der Waals surface area contributed by atoms with Crippen LogP contribution in [0.5, 0.6) is 5.75 Å².